The van der Waals surface area contributed by atoms with E-state index in [0.717, 1.165) is 6.42 Å². The minimum atomic E-state index is 1.01. The first-order valence-electron chi connectivity index (χ1n) is 15.8. The van der Waals surface area contributed by atoms with Crippen LogP contribution in [-0.4, -0.2) is 0 Å². The molecule has 0 amide bonds. The maximum absolute atomic E-state index is 2.50. The largest absolute Gasteiger partial charge is 0.281 e. The minimum absolute atomic E-state index is 1.01. The lowest BCUT2D eigenvalue weighted by Crippen LogP contribution is -2.04. The molecule has 0 unspecified atom stereocenters. The second-order valence-corrected chi connectivity index (χ2v) is 16.1. The van der Waals surface area contributed by atoms with E-state index in [4.69, 9.17) is 0 Å². The molecule has 0 radical (unpaired) electrons. The third-order valence-electron chi connectivity index (χ3n) is 9.30. The predicted molar refractivity (Wildman–Crippen MR) is 226 cm³/mol. The molecule has 0 aliphatic carbocycles. The Bertz CT molecular complexity index is 2490. The molecule has 0 atom stereocenters. The summed E-state index contributed by atoms with van der Waals surface area (Å²) in [6.07, 6.45) is 1.01. The molecule has 2 nitrogen and oxygen atoms in total. The number of hydrogen-bond acceptors (Lipinski definition) is 4. The maximum Gasteiger partial charge on any atom is 0.0689 e. The lowest BCUT2D eigenvalue weighted by atomic mass is 9.95. The van der Waals surface area contributed by atoms with Crippen molar-refractivity contribution in [2.75, 3.05) is 6.23 Å². The van der Waals surface area contributed by atoms with Crippen molar-refractivity contribution in [1.82, 2.24) is 0 Å². The van der Waals surface area contributed by atoms with Gasteiger partial charge in [-0.05, 0) is 97.0 Å². The average Bonchev–Trinajstić information content (AvgIpc) is 3.68. The molecule has 0 saturated carbocycles. The van der Waals surface area contributed by atoms with Crippen molar-refractivity contribution in [3.63, 3.8) is 0 Å². The highest BCUT2D eigenvalue weighted by Crippen LogP contribution is 2.48. The van der Waals surface area contributed by atoms with E-state index in [1.807, 2.05) is 22.7 Å². The van der Waals surface area contributed by atoms with Crippen LogP contribution in [0.15, 0.2) is 109 Å². The first kappa shape index (κ1) is 31.1. The number of rotatable bonds is 6. The minimum Gasteiger partial charge on any atom is -0.281 e. The van der Waals surface area contributed by atoms with Gasteiger partial charge in [0.2, 0.25) is 0 Å². The zero-order chi connectivity index (χ0) is 32.4. The van der Waals surface area contributed by atoms with Crippen LogP contribution in [0.25, 0.3) is 51.5 Å². The van der Waals surface area contributed by atoms with Crippen LogP contribution in [0.3, 0.4) is 0 Å². The zero-order valence-electron chi connectivity index (χ0n) is 26.6. The molecule has 2 heterocycles. The summed E-state index contributed by atoms with van der Waals surface area (Å²) in [6, 6.07) is 40.4. The van der Waals surface area contributed by atoms with Gasteiger partial charge in [0.05, 0.1) is 77.9 Å². The fourth-order valence-corrected chi connectivity index (χ4v) is 11.5. The van der Waals surface area contributed by atoms with Crippen molar-refractivity contribution in [1.29, 1.82) is 0 Å². The Kier molecular flexibility index (Phi) is 8.19. The van der Waals surface area contributed by atoms with Gasteiger partial charge in [0.1, 0.15) is 0 Å². The SMILES string of the molecule is CCc1ccccc1N(I)c1cccc2c1sc1c(C)cc(-c3cccc(N(I)c4cccc5c4sc4c(C)cccc45)c3C)cc12. The van der Waals surface area contributed by atoms with Gasteiger partial charge in [0.25, 0.3) is 0 Å². The highest BCUT2D eigenvalue weighted by molar-refractivity contribution is 14.1. The highest BCUT2D eigenvalue weighted by atomic mass is 127. The molecule has 0 bridgehead atoms. The van der Waals surface area contributed by atoms with Gasteiger partial charge in [0, 0.05) is 30.9 Å². The average molecular weight is 871 g/mol. The number of anilines is 4. The summed E-state index contributed by atoms with van der Waals surface area (Å²) in [5.74, 6) is 0. The lowest BCUT2D eigenvalue weighted by Gasteiger charge is -2.22. The number of fused-ring (bicyclic) bond motifs is 6. The molecule has 0 fully saturated rings. The molecule has 6 aromatic carbocycles. The van der Waals surface area contributed by atoms with Gasteiger partial charge in [0.15, 0.2) is 0 Å². The molecule has 0 spiro atoms. The first-order chi connectivity index (χ1) is 22.9. The Morgan fingerprint density at radius 1 is 0.511 bits per heavy atom. The number of para-hydroxylation sites is 1. The van der Waals surface area contributed by atoms with Gasteiger partial charge in [-0.2, -0.15) is 0 Å². The maximum atomic E-state index is 2.50. The molecule has 47 heavy (non-hydrogen) atoms. The van der Waals surface area contributed by atoms with E-state index in [-0.39, 0.29) is 0 Å². The predicted octanol–water partition coefficient (Wildman–Crippen LogP) is 14.6. The zero-order valence-corrected chi connectivity index (χ0v) is 32.5. The number of thiophene rings is 2. The van der Waals surface area contributed by atoms with Gasteiger partial charge in [-0.25, -0.2) is 0 Å². The van der Waals surface area contributed by atoms with E-state index in [1.165, 1.54) is 96.5 Å². The third kappa shape index (κ3) is 5.14. The number of aryl methyl sites for hydroxylation is 3. The van der Waals surface area contributed by atoms with E-state index in [2.05, 4.69) is 189 Å². The molecule has 2 aromatic heterocycles. The first-order valence-corrected chi connectivity index (χ1v) is 19.4. The molecule has 0 aliphatic rings. The number of halogens is 2. The summed E-state index contributed by atoms with van der Waals surface area (Å²) in [6.45, 7) is 8.98. The van der Waals surface area contributed by atoms with Crippen molar-refractivity contribution in [2.24, 2.45) is 0 Å². The molecule has 8 aromatic rings. The molecule has 0 saturated heterocycles. The van der Waals surface area contributed by atoms with Crippen LogP contribution in [0.5, 0.6) is 0 Å². The number of hydrogen-bond donors (Lipinski definition) is 0. The van der Waals surface area contributed by atoms with Crippen LogP contribution >= 0.6 is 68.4 Å². The Balaban J connectivity index is 1.24. The molecule has 0 N–H and O–H groups in total. The van der Waals surface area contributed by atoms with E-state index in [1.54, 1.807) is 0 Å². The van der Waals surface area contributed by atoms with Crippen LogP contribution in [0, 0.1) is 20.8 Å². The van der Waals surface area contributed by atoms with Crippen LogP contribution in [0.4, 0.5) is 22.7 Å². The van der Waals surface area contributed by atoms with Crippen molar-refractivity contribution < 1.29 is 0 Å². The Morgan fingerprint density at radius 2 is 1.04 bits per heavy atom. The molecule has 232 valence electrons. The van der Waals surface area contributed by atoms with Crippen LogP contribution < -0.4 is 6.23 Å². The van der Waals surface area contributed by atoms with E-state index < -0.39 is 0 Å². The summed E-state index contributed by atoms with van der Waals surface area (Å²) in [4.78, 5) is 0. The smallest absolute Gasteiger partial charge is 0.0689 e. The van der Waals surface area contributed by atoms with Crippen LogP contribution in [0.1, 0.15) is 29.2 Å². The lowest BCUT2D eigenvalue weighted by molar-refractivity contribution is 1.14. The fraction of sp³-hybridized carbons (Fsp3) is 0.122. The summed E-state index contributed by atoms with van der Waals surface area (Å²) >= 11 is 8.81. The third-order valence-corrected chi connectivity index (χ3v) is 14.1. The quantitative estimate of drug-likeness (QED) is 0.121. The second-order valence-electron chi connectivity index (χ2n) is 12.1. The van der Waals surface area contributed by atoms with Gasteiger partial charge in [-0.15, -0.1) is 22.7 Å². The Morgan fingerprint density at radius 3 is 1.74 bits per heavy atom. The van der Waals surface area contributed by atoms with Crippen molar-refractivity contribution in [3.8, 4) is 11.1 Å². The molecule has 0 aliphatic heterocycles. The van der Waals surface area contributed by atoms with Gasteiger partial charge < -0.3 is 0 Å². The standard InChI is InChI=1S/C41H32I2N2S2/c1-5-27-13-6-7-18-35(27)45(43)37-21-11-17-32-33-23-28(22-25(3)39(33)47-41(32)37)29-14-9-19-34(26(29)4)44(42)36-20-10-16-31-30-15-8-12-24(2)38(30)46-40(31)36/h6-23H,5H2,1-4H3. The molecular formula is C41H32I2N2S2. The van der Waals surface area contributed by atoms with Gasteiger partial charge >= 0.3 is 0 Å². The number of nitrogens with zero attached hydrogens (tertiary/aromatic N) is 2. The van der Waals surface area contributed by atoms with E-state index in [9.17, 15) is 0 Å². The molecule has 6 heteroatoms. The monoisotopic (exact) mass is 870 g/mol. The number of benzene rings is 6. The summed E-state index contributed by atoms with van der Waals surface area (Å²) < 4.78 is 10.1. The van der Waals surface area contributed by atoms with Crippen LogP contribution in [0.2, 0.25) is 0 Å². The topological polar surface area (TPSA) is 6.48 Å². The molecular weight excluding hydrogens is 838 g/mol. The Hall–Kier alpha value is -3.18. The Labute approximate surface area is 311 Å². The fourth-order valence-electron chi connectivity index (χ4n) is 6.88. The van der Waals surface area contributed by atoms with Crippen molar-refractivity contribution in [3.05, 3.63) is 131 Å². The summed E-state index contributed by atoms with van der Waals surface area (Å²) in [7, 11) is 0. The highest BCUT2D eigenvalue weighted by Gasteiger charge is 2.20. The molecule has 8 rings (SSSR count). The van der Waals surface area contributed by atoms with Gasteiger partial charge in [-0.3, -0.25) is 6.23 Å². The summed E-state index contributed by atoms with van der Waals surface area (Å²) in [5.41, 5.74) is 12.8. The van der Waals surface area contributed by atoms with E-state index >= 15 is 0 Å². The van der Waals surface area contributed by atoms with Crippen molar-refractivity contribution >= 4 is 131 Å². The summed E-state index contributed by atoms with van der Waals surface area (Å²) in [5, 5.41) is 5.32. The van der Waals surface area contributed by atoms with Crippen LogP contribution in [-0.2, 0) is 6.42 Å². The normalized spacial score (nSPS) is 11.7. The van der Waals surface area contributed by atoms with Gasteiger partial charge in [-0.1, -0.05) is 79.7 Å². The second kappa shape index (κ2) is 12.4. The van der Waals surface area contributed by atoms with E-state index in [0.29, 0.717) is 0 Å². The van der Waals surface area contributed by atoms with Crippen molar-refractivity contribution in [2.45, 2.75) is 34.1 Å².